The Balaban J connectivity index is 2.25. The minimum atomic E-state index is -1.06. The molecule has 7 heteroatoms. The molecular formula is C10H9ClN4O2. The van der Waals surface area contributed by atoms with Gasteiger partial charge in [-0.3, -0.25) is 4.68 Å². The van der Waals surface area contributed by atoms with E-state index in [1.54, 1.807) is 24.1 Å². The minimum absolute atomic E-state index is 0.0479. The number of aromatic nitrogens is 3. The van der Waals surface area contributed by atoms with Gasteiger partial charge in [0.2, 0.25) is 0 Å². The Morgan fingerprint density at radius 3 is 2.82 bits per heavy atom. The van der Waals surface area contributed by atoms with Crippen LogP contribution in [0.3, 0.4) is 0 Å². The average Bonchev–Trinajstić information content (AvgIpc) is 2.67. The van der Waals surface area contributed by atoms with Crippen molar-refractivity contribution in [2.24, 2.45) is 7.05 Å². The van der Waals surface area contributed by atoms with Crippen LogP contribution in [0.25, 0.3) is 0 Å². The van der Waals surface area contributed by atoms with E-state index < -0.39 is 5.97 Å². The van der Waals surface area contributed by atoms with E-state index in [2.05, 4.69) is 15.4 Å². The number of carbonyl (C=O) groups is 1. The zero-order chi connectivity index (χ0) is 12.4. The molecule has 2 heterocycles. The standard InChI is InChI=1S/C10H9ClN4O2/c1-15-5-7(4-13-15)14-9-8(11)2-6(3-12-9)10(16)17/h2-5H,1H3,(H,12,14)(H,16,17). The van der Waals surface area contributed by atoms with Gasteiger partial charge in [-0.05, 0) is 6.07 Å². The molecule has 0 fully saturated rings. The van der Waals surface area contributed by atoms with Crippen LogP contribution in [-0.4, -0.2) is 25.8 Å². The van der Waals surface area contributed by atoms with Crippen molar-refractivity contribution in [1.29, 1.82) is 0 Å². The van der Waals surface area contributed by atoms with Gasteiger partial charge in [0.05, 0.1) is 22.5 Å². The van der Waals surface area contributed by atoms with Gasteiger partial charge in [0, 0.05) is 19.4 Å². The van der Waals surface area contributed by atoms with E-state index in [0.717, 1.165) is 5.69 Å². The summed E-state index contributed by atoms with van der Waals surface area (Å²) >= 11 is 5.91. The van der Waals surface area contributed by atoms with E-state index in [1.165, 1.54) is 12.3 Å². The Hall–Kier alpha value is -2.08. The highest BCUT2D eigenvalue weighted by molar-refractivity contribution is 6.33. The smallest absolute Gasteiger partial charge is 0.337 e. The molecule has 0 saturated heterocycles. The molecule has 2 aromatic rings. The number of pyridine rings is 1. The van der Waals surface area contributed by atoms with Crippen molar-refractivity contribution in [1.82, 2.24) is 14.8 Å². The van der Waals surface area contributed by atoms with Crippen LogP contribution in [0.5, 0.6) is 0 Å². The summed E-state index contributed by atoms with van der Waals surface area (Å²) < 4.78 is 1.63. The molecule has 2 rings (SSSR count). The maximum Gasteiger partial charge on any atom is 0.337 e. The lowest BCUT2D eigenvalue weighted by atomic mass is 10.3. The molecular weight excluding hydrogens is 244 g/mol. The number of rotatable bonds is 3. The second-order valence-corrected chi connectivity index (χ2v) is 3.79. The average molecular weight is 253 g/mol. The number of nitrogens with one attached hydrogen (secondary N) is 1. The highest BCUT2D eigenvalue weighted by atomic mass is 35.5. The zero-order valence-corrected chi connectivity index (χ0v) is 9.64. The van der Waals surface area contributed by atoms with E-state index in [4.69, 9.17) is 16.7 Å². The third-order valence-electron chi connectivity index (χ3n) is 2.06. The lowest BCUT2D eigenvalue weighted by Crippen LogP contribution is -2.00. The highest BCUT2D eigenvalue weighted by Gasteiger charge is 2.09. The Kier molecular flexibility index (Phi) is 2.97. The fourth-order valence-corrected chi connectivity index (χ4v) is 1.48. The molecule has 17 heavy (non-hydrogen) atoms. The topological polar surface area (TPSA) is 80.0 Å². The molecule has 0 saturated carbocycles. The molecule has 0 aliphatic heterocycles. The molecule has 0 unspecified atom stereocenters. The quantitative estimate of drug-likeness (QED) is 0.872. The normalized spacial score (nSPS) is 10.2. The first kappa shape index (κ1) is 11.4. The summed E-state index contributed by atoms with van der Waals surface area (Å²) in [6.45, 7) is 0. The number of anilines is 2. The van der Waals surface area contributed by atoms with Gasteiger partial charge < -0.3 is 10.4 Å². The van der Waals surface area contributed by atoms with Gasteiger partial charge in [-0.15, -0.1) is 0 Å². The largest absolute Gasteiger partial charge is 0.478 e. The van der Waals surface area contributed by atoms with Gasteiger partial charge in [0.15, 0.2) is 0 Å². The third-order valence-corrected chi connectivity index (χ3v) is 2.34. The predicted octanol–water partition coefficient (Wildman–Crippen LogP) is 1.91. The van der Waals surface area contributed by atoms with Gasteiger partial charge >= 0.3 is 5.97 Å². The van der Waals surface area contributed by atoms with E-state index >= 15 is 0 Å². The van der Waals surface area contributed by atoms with Crippen LogP contribution in [0.4, 0.5) is 11.5 Å². The Bertz CT molecular complexity index is 567. The maximum absolute atomic E-state index is 10.7. The van der Waals surface area contributed by atoms with E-state index in [9.17, 15) is 4.79 Å². The summed E-state index contributed by atoms with van der Waals surface area (Å²) in [5, 5.41) is 15.9. The molecule has 0 bridgehead atoms. The molecule has 0 amide bonds. The first-order valence-electron chi connectivity index (χ1n) is 4.71. The predicted molar refractivity (Wildman–Crippen MR) is 62.7 cm³/mol. The fourth-order valence-electron chi connectivity index (χ4n) is 1.27. The molecule has 0 atom stereocenters. The number of hydrogen-bond acceptors (Lipinski definition) is 4. The number of carboxylic acid groups (broad SMARTS) is 1. The summed E-state index contributed by atoms with van der Waals surface area (Å²) in [6.07, 6.45) is 4.61. The molecule has 6 nitrogen and oxygen atoms in total. The van der Waals surface area contributed by atoms with Crippen LogP contribution in [0.2, 0.25) is 5.02 Å². The van der Waals surface area contributed by atoms with Crippen molar-refractivity contribution in [2.45, 2.75) is 0 Å². The van der Waals surface area contributed by atoms with Gasteiger partial charge in [0.1, 0.15) is 5.82 Å². The lowest BCUT2D eigenvalue weighted by Gasteiger charge is -2.05. The summed E-state index contributed by atoms with van der Waals surface area (Å²) in [7, 11) is 1.79. The summed E-state index contributed by atoms with van der Waals surface area (Å²) in [5.74, 6) is -0.669. The molecule has 2 aromatic heterocycles. The molecule has 0 aliphatic carbocycles. The SMILES string of the molecule is Cn1cc(Nc2ncc(C(=O)O)cc2Cl)cn1. The third kappa shape index (κ3) is 2.54. The molecule has 0 spiro atoms. The second kappa shape index (κ2) is 4.42. The number of carboxylic acids is 1. The van der Waals surface area contributed by atoms with Crippen molar-refractivity contribution < 1.29 is 9.90 Å². The monoisotopic (exact) mass is 252 g/mol. The molecule has 0 aliphatic rings. The number of halogens is 1. The van der Waals surface area contributed by atoms with Crippen molar-refractivity contribution in [3.8, 4) is 0 Å². The van der Waals surface area contributed by atoms with Crippen molar-refractivity contribution in [3.05, 3.63) is 35.2 Å². The van der Waals surface area contributed by atoms with Gasteiger partial charge in [0.25, 0.3) is 0 Å². The summed E-state index contributed by atoms with van der Waals surface area (Å²) in [6, 6.07) is 1.34. The molecule has 88 valence electrons. The Morgan fingerprint density at radius 2 is 2.29 bits per heavy atom. The first-order valence-corrected chi connectivity index (χ1v) is 5.08. The molecule has 0 radical (unpaired) electrons. The van der Waals surface area contributed by atoms with Gasteiger partial charge in [-0.25, -0.2) is 9.78 Å². The van der Waals surface area contributed by atoms with Crippen LogP contribution in [0, 0.1) is 0 Å². The van der Waals surface area contributed by atoms with Crippen LogP contribution in [-0.2, 0) is 7.05 Å². The zero-order valence-electron chi connectivity index (χ0n) is 8.88. The Morgan fingerprint density at radius 1 is 1.53 bits per heavy atom. The molecule has 2 N–H and O–H groups in total. The highest BCUT2D eigenvalue weighted by Crippen LogP contribution is 2.23. The van der Waals surface area contributed by atoms with Crippen LogP contribution in [0.1, 0.15) is 10.4 Å². The first-order chi connectivity index (χ1) is 8.06. The van der Waals surface area contributed by atoms with Crippen LogP contribution in [0.15, 0.2) is 24.7 Å². The van der Waals surface area contributed by atoms with Crippen molar-refractivity contribution in [3.63, 3.8) is 0 Å². The number of aryl methyl sites for hydroxylation is 1. The fraction of sp³-hybridized carbons (Fsp3) is 0.100. The van der Waals surface area contributed by atoms with E-state index in [0.29, 0.717) is 5.82 Å². The maximum atomic E-state index is 10.7. The van der Waals surface area contributed by atoms with Crippen LogP contribution < -0.4 is 5.32 Å². The summed E-state index contributed by atoms with van der Waals surface area (Å²) in [5.41, 5.74) is 0.775. The second-order valence-electron chi connectivity index (χ2n) is 3.39. The van der Waals surface area contributed by atoms with Crippen molar-refractivity contribution >= 4 is 29.1 Å². The van der Waals surface area contributed by atoms with Gasteiger partial charge in [-0.2, -0.15) is 5.10 Å². The van der Waals surface area contributed by atoms with Crippen molar-refractivity contribution in [2.75, 3.05) is 5.32 Å². The Labute approximate surface area is 102 Å². The molecule has 0 aromatic carbocycles. The van der Waals surface area contributed by atoms with E-state index in [-0.39, 0.29) is 10.6 Å². The van der Waals surface area contributed by atoms with Gasteiger partial charge in [-0.1, -0.05) is 11.6 Å². The summed E-state index contributed by atoms with van der Waals surface area (Å²) in [4.78, 5) is 14.6. The minimum Gasteiger partial charge on any atom is -0.478 e. The number of hydrogen-bond donors (Lipinski definition) is 2. The number of aromatic carboxylic acids is 1. The number of nitrogens with zero attached hydrogens (tertiary/aromatic N) is 3. The van der Waals surface area contributed by atoms with Crippen LogP contribution >= 0.6 is 11.6 Å². The van der Waals surface area contributed by atoms with E-state index in [1.807, 2.05) is 0 Å². The lowest BCUT2D eigenvalue weighted by molar-refractivity contribution is 0.0696.